The number of carbonyl (C=O) groups excluding carboxylic acids is 1. The monoisotopic (exact) mass is 611 g/mol. The second kappa shape index (κ2) is 12.8. The van der Waals surface area contributed by atoms with Crippen molar-refractivity contribution < 1.29 is 29.3 Å². The summed E-state index contributed by atoms with van der Waals surface area (Å²) in [6.45, 7) is -0.197. The zero-order valence-corrected chi connectivity index (χ0v) is 23.3. The smallest absolute Gasteiger partial charge is 0.349 e. The summed E-state index contributed by atoms with van der Waals surface area (Å²) in [5, 5.41) is 31.0. The predicted molar refractivity (Wildman–Crippen MR) is 152 cm³/mol. The summed E-state index contributed by atoms with van der Waals surface area (Å²) in [4.78, 5) is 38.5. The Labute approximate surface area is 237 Å². The van der Waals surface area contributed by atoms with Gasteiger partial charge in [-0.1, -0.05) is 43.5 Å². The molecule has 3 aromatic rings. The molecule has 1 saturated carbocycles. The molecule has 0 atom stereocenters. The summed E-state index contributed by atoms with van der Waals surface area (Å²) in [7, 11) is 0. The lowest BCUT2D eigenvalue weighted by Gasteiger charge is -2.30. The number of hydrogen-bond donors (Lipinski definition) is 3. The third-order valence-corrected chi connectivity index (χ3v) is 8.69. The number of nitriles is 1. The van der Waals surface area contributed by atoms with Gasteiger partial charge in [-0.15, -0.1) is 11.3 Å². The number of anilines is 2. The Hall–Kier alpha value is -3.88. The molecular weight excluding hydrogens is 586 g/mol. The average Bonchev–Trinajstić information content (AvgIpc) is 3.27. The van der Waals surface area contributed by atoms with Crippen LogP contribution in [0, 0.1) is 17.2 Å². The molecule has 11 heteroatoms. The number of carbonyl (C=O) groups is 3. The van der Waals surface area contributed by atoms with Crippen LogP contribution in [-0.2, 0) is 4.79 Å². The minimum atomic E-state index is -1.24. The lowest BCUT2D eigenvalue weighted by atomic mass is 9.89. The van der Waals surface area contributed by atoms with Gasteiger partial charge in [0, 0.05) is 12.2 Å². The first kappa shape index (κ1) is 28.1. The number of thiophene rings is 1. The van der Waals surface area contributed by atoms with E-state index in [1.807, 2.05) is 6.07 Å². The van der Waals surface area contributed by atoms with Crippen molar-refractivity contribution in [1.82, 2.24) is 0 Å². The van der Waals surface area contributed by atoms with Gasteiger partial charge in [-0.2, -0.15) is 5.26 Å². The largest absolute Gasteiger partial charge is 0.479 e. The number of rotatable bonds is 9. The van der Waals surface area contributed by atoms with Crippen LogP contribution in [0.1, 0.15) is 47.3 Å². The van der Waals surface area contributed by atoms with Gasteiger partial charge in [-0.3, -0.25) is 4.90 Å². The Balaban J connectivity index is 1.70. The SMILES string of the molecule is N#Cc1ccccc1NC(=O)N(CC1CCCCC1)c1cccc(-c2sc(C(=O)O)c(OCC(=O)O)c2Br)c1. The summed E-state index contributed by atoms with van der Waals surface area (Å²) in [5.41, 5.74) is 2.02. The fourth-order valence-electron chi connectivity index (χ4n) is 4.61. The molecular formula is C28H26BrN3O6S. The number of ether oxygens (including phenoxy) is 1. The van der Waals surface area contributed by atoms with Crippen LogP contribution >= 0.6 is 27.3 Å². The van der Waals surface area contributed by atoms with Crippen LogP contribution in [0.15, 0.2) is 53.0 Å². The number of urea groups is 1. The van der Waals surface area contributed by atoms with Crippen molar-refractivity contribution in [1.29, 1.82) is 5.26 Å². The van der Waals surface area contributed by atoms with Gasteiger partial charge in [0.1, 0.15) is 6.07 Å². The zero-order valence-electron chi connectivity index (χ0n) is 20.9. The summed E-state index contributed by atoms with van der Waals surface area (Å²) in [6.07, 6.45) is 5.42. The van der Waals surface area contributed by atoms with Crippen LogP contribution in [0.5, 0.6) is 5.75 Å². The first-order valence-electron chi connectivity index (χ1n) is 12.4. The third-order valence-electron chi connectivity index (χ3n) is 6.46. The van der Waals surface area contributed by atoms with Gasteiger partial charge < -0.3 is 20.3 Å². The van der Waals surface area contributed by atoms with E-state index in [2.05, 4.69) is 27.3 Å². The van der Waals surface area contributed by atoms with Gasteiger partial charge >= 0.3 is 18.0 Å². The lowest BCUT2D eigenvalue weighted by molar-refractivity contribution is -0.139. The van der Waals surface area contributed by atoms with Crippen LogP contribution < -0.4 is 15.0 Å². The average molecular weight is 613 g/mol. The number of halogens is 1. The Morgan fingerprint density at radius 3 is 2.54 bits per heavy atom. The number of nitrogens with zero attached hydrogens (tertiary/aromatic N) is 2. The second-order valence-electron chi connectivity index (χ2n) is 9.14. The Morgan fingerprint density at radius 2 is 1.85 bits per heavy atom. The highest BCUT2D eigenvalue weighted by Crippen LogP contribution is 2.46. The number of carboxylic acid groups (broad SMARTS) is 2. The lowest BCUT2D eigenvalue weighted by Crippen LogP contribution is -2.39. The Morgan fingerprint density at radius 1 is 1.10 bits per heavy atom. The molecule has 2 aromatic carbocycles. The van der Waals surface area contributed by atoms with Crippen molar-refractivity contribution in [3.05, 3.63) is 63.4 Å². The molecule has 0 unspecified atom stereocenters. The van der Waals surface area contributed by atoms with E-state index >= 15 is 0 Å². The van der Waals surface area contributed by atoms with Crippen molar-refractivity contribution in [2.75, 3.05) is 23.4 Å². The molecule has 2 amide bonds. The van der Waals surface area contributed by atoms with Gasteiger partial charge in [-0.05, 0) is 64.5 Å². The Kier molecular flexibility index (Phi) is 9.22. The maximum atomic E-state index is 13.6. The number of nitrogens with one attached hydrogen (secondary N) is 1. The van der Waals surface area contributed by atoms with Gasteiger partial charge in [0.25, 0.3) is 0 Å². The molecule has 3 N–H and O–H groups in total. The topological polar surface area (TPSA) is 140 Å². The quantitative estimate of drug-likeness (QED) is 0.241. The summed E-state index contributed by atoms with van der Waals surface area (Å²) < 4.78 is 5.61. The molecule has 1 heterocycles. The van der Waals surface area contributed by atoms with E-state index in [9.17, 15) is 24.8 Å². The molecule has 1 aliphatic carbocycles. The van der Waals surface area contributed by atoms with Crippen LogP contribution in [0.4, 0.5) is 16.2 Å². The van der Waals surface area contributed by atoms with Crippen molar-refractivity contribution in [2.45, 2.75) is 32.1 Å². The number of carboxylic acids is 2. The normalized spacial score (nSPS) is 13.3. The van der Waals surface area contributed by atoms with Gasteiger partial charge in [-0.25, -0.2) is 14.4 Å². The molecule has 0 radical (unpaired) electrons. The fraction of sp³-hybridized carbons (Fsp3) is 0.286. The molecule has 0 bridgehead atoms. The van der Waals surface area contributed by atoms with Crippen LogP contribution in [0.3, 0.4) is 0 Å². The minimum absolute atomic E-state index is 0.0554. The molecule has 0 saturated heterocycles. The zero-order chi connectivity index (χ0) is 27.9. The molecule has 39 heavy (non-hydrogen) atoms. The van der Waals surface area contributed by atoms with E-state index in [1.165, 1.54) is 6.42 Å². The maximum Gasteiger partial charge on any atom is 0.349 e. The molecule has 1 aliphatic rings. The van der Waals surface area contributed by atoms with E-state index in [4.69, 9.17) is 9.84 Å². The predicted octanol–water partition coefficient (Wildman–Crippen LogP) is 6.83. The number of hydrogen-bond acceptors (Lipinski definition) is 6. The van der Waals surface area contributed by atoms with Crippen molar-refractivity contribution in [3.8, 4) is 22.3 Å². The van der Waals surface area contributed by atoms with E-state index in [0.717, 1.165) is 37.0 Å². The fourth-order valence-corrected chi connectivity index (χ4v) is 6.49. The highest BCUT2D eigenvalue weighted by Gasteiger charge is 2.27. The van der Waals surface area contributed by atoms with E-state index in [0.29, 0.717) is 44.3 Å². The molecule has 1 fully saturated rings. The summed E-state index contributed by atoms with van der Waals surface area (Å²) >= 11 is 4.34. The summed E-state index contributed by atoms with van der Waals surface area (Å²) in [6, 6.07) is 15.7. The standard InChI is InChI=1S/C28H26BrN3O6S/c29-23-24(38-16-22(33)34)26(27(35)36)39-25(23)18-10-6-11-20(13-18)32(15-17-7-2-1-3-8-17)28(37)31-21-12-5-4-9-19(21)14-30/h4-6,9-13,17H,1-3,7-8,15-16H2,(H,31,37)(H,33,34)(H,35,36). The first-order chi connectivity index (χ1) is 18.8. The van der Waals surface area contributed by atoms with Gasteiger partial charge in [0.15, 0.2) is 17.2 Å². The number of amides is 2. The highest BCUT2D eigenvalue weighted by molar-refractivity contribution is 9.10. The van der Waals surface area contributed by atoms with E-state index < -0.39 is 18.5 Å². The molecule has 9 nitrogen and oxygen atoms in total. The number of benzene rings is 2. The molecule has 1 aromatic heterocycles. The first-order valence-corrected chi connectivity index (χ1v) is 14.0. The van der Waals surface area contributed by atoms with Gasteiger partial charge in [0.2, 0.25) is 0 Å². The van der Waals surface area contributed by atoms with Crippen LogP contribution in [0.2, 0.25) is 0 Å². The molecule has 202 valence electrons. The number of aliphatic carboxylic acids is 1. The van der Waals surface area contributed by atoms with Crippen molar-refractivity contribution in [3.63, 3.8) is 0 Å². The molecule has 0 spiro atoms. The third kappa shape index (κ3) is 6.77. The second-order valence-corrected chi connectivity index (χ2v) is 11.0. The number of para-hydroxylation sites is 1. The van der Waals surface area contributed by atoms with Crippen molar-refractivity contribution >= 4 is 56.6 Å². The van der Waals surface area contributed by atoms with Crippen molar-refractivity contribution in [2.24, 2.45) is 5.92 Å². The van der Waals surface area contributed by atoms with Crippen LogP contribution in [-0.4, -0.2) is 41.3 Å². The highest BCUT2D eigenvalue weighted by atomic mass is 79.9. The maximum absolute atomic E-state index is 13.6. The number of aromatic carboxylic acids is 1. The summed E-state index contributed by atoms with van der Waals surface area (Å²) in [5.74, 6) is -2.20. The van der Waals surface area contributed by atoms with Crippen LogP contribution in [0.25, 0.3) is 10.4 Å². The van der Waals surface area contributed by atoms with E-state index in [1.54, 1.807) is 47.4 Å². The van der Waals surface area contributed by atoms with E-state index in [-0.39, 0.29) is 16.7 Å². The minimum Gasteiger partial charge on any atom is -0.479 e. The molecule has 0 aliphatic heterocycles. The molecule has 4 rings (SSSR count). The van der Waals surface area contributed by atoms with Gasteiger partial charge in [0.05, 0.1) is 20.6 Å². The Bertz CT molecular complexity index is 1430.